The standard InChI is InChI=1S/C25H23F3N6O.C4H4O4/c1-16-14-33(15-29-16)21-11-9-17(30-24(21)35-2)10-12-22-31-23-19(7-5-13-34(23)32-22)18-6-3-4-8-20(18)25(26,27)28;5-3(6)1-2-4(7)8/h3-4,6,8-12,14-15,19H,5,7,13H2,1-2H3;1-2H,(H,5,6)(H,7,8)/b12-10+;2-1-/t19-;/m0./s1. The molecule has 5 rings (SSSR count). The van der Waals surface area contributed by atoms with Gasteiger partial charge in [0, 0.05) is 30.8 Å². The molecular formula is C29H27F3N6O5. The van der Waals surface area contributed by atoms with Crippen LogP contribution in [-0.4, -0.2) is 58.6 Å². The molecule has 0 aliphatic carbocycles. The number of carboxylic acids is 2. The van der Waals surface area contributed by atoms with Crippen molar-refractivity contribution in [2.24, 2.45) is 0 Å². The second kappa shape index (κ2) is 13.1. The molecule has 14 heteroatoms. The number of hydrogen-bond acceptors (Lipinski definition) is 7. The molecule has 4 heterocycles. The minimum Gasteiger partial charge on any atom is -0.479 e. The number of ether oxygens (including phenoxy) is 1. The van der Waals surface area contributed by atoms with Gasteiger partial charge in [0.05, 0.1) is 30.4 Å². The number of fused-ring (bicyclic) bond motifs is 1. The van der Waals surface area contributed by atoms with Gasteiger partial charge in [0.15, 0.2) is 5.82 Å². The first-order valence-corrected chi connectivity index (χ1v) is 12.9. The number of pyridine rings is 1. The summed E-state index contributed by atoms with van der Waals surface area (Å²) in [6.45, 7) is 2.52. The highest BCUT2D eigenvalue weighted by Crippen LogP contribution is 2.40. The summed E-state index contributed by atoms with van der Waals surface area (Å²) in [4.78, 5) is 32.5. The second-order valence-electron chi connectivity index (χ2n) is 9.36. The van der Waals surface area contributed by atoms with Crippen molar-refractivity contribution in [2.75, 3.05) is 7.11 Å². The first kappa shape index (κ1) is 30.7. The van der Waals surface area contributed by atoms with E-state index < -0.39 is 29.6 Å². The van der Waals surface area contributed by atoms with E-state index in [0.29, 0.717) is 48.3 Å². The number of methoxy groups -OCH3 is 1. The lowest BCUT2D eigenvalue weighted by Crippen LogP contribution is -2.21. The Morgan fingerprint density at radius 3 is 2.40 bits per heavy atom. The molecule has 3 aromatic heterocycles. The average Bonchev–Trinajstić information content (AvgIpc) is 3.60. The predicted molar refractivity (Wildman–Crippen MR) is 149 cm³/mol. The maximum Gasteiger partial charge on any atom is 0.416 e. The summed E-state index contributed by atoms with van der Waals surface area (Å²) < 4.78 is 49.8. The number of carbonyl (C=O) groups is 2. The van der Waals surface area contributed by atoms with Crippen molar-refractivity contribution in [2.45, 2.75) is 38.4 Å². The quantitative estimate of drug-likeness (QED) is 0.282. The molecule has 0 amide bonds. The van der Waals surface area contributed by atoms with E-state index in [4.69, 9.17) is 14.9 Å². The van der Waals surface area contributed by atoms with E-state index in [9.17, 15) is 22.8 Å². The molecule has 43 heavy (non-hydrogen) atoms. The zero-order valence-electron chi connectivity index (χ0n) is 23.1. The van der Waals surface area contributed by atoms with E-state index in [1.54, 1.807) is 36.3 Å². The fraction of sp³-hybridized carbons (Fsp3) is 0.241. The Labute approximate surface area is 243 Å². The lowest BCUT2D eigenvalue weighted by atomic mass is 9.88. The van der Waals surface area contributed by atoms with Gasteiger partial charge in [-0.05, 0) is 55.7 Å². The summed E-state index contributed by atoms with van der Waals surface area (Å²) >= 11 is 0. The molecule has 0 fully saturated rings. The molecule has 1 atom stereocenters. The van der Waals surface area contributed by atoms with E-state index in [0.717, 1.165) is 23.9 Å². The molecule has 0 radical (unpaired) electrons. The average molecular weight is 597 g/mol. The van der Waals surface area contributed by atoms with Crippen LogP contribution >= 0.6 is 0 Å². The lowest BCUT2D eigenvalue weighted by Gasteiger charge is -2.25. The van der Waals surface area contributed by atoms with Crippen molar-refractivity contribution >= 4 is 24.1 Å². The van der Waals surface area contributed by atoms with Gasteiger partial charge in [-0.15, -0.1) is 0 Å². The van der Waals surface area contributed by atoms with Crippen LogP contribution in [0.1, 0.15) is 52.9 Å². The van der Waals surface area contributed by atoms with Crippen molar-refractivity contribution in [1.82, 2.24) is 29.3 Å². The SMILES string of the molecule is COc1nc(/C=C/c2nc3n(n2)CCC[C@H]3c2ccccc2C(F)(F)F)ccc1-n1cnc(C)c1.O=C(O)/C=C\C(=O)O. The third-order valence-corrected chi connectivity index (χ3v) is 6.35. The number of rotatable bonds is 7. The monoisotopic (exact) mass is 596 g/mol. The first-order chi connectivity index (χ1) is 20.5. The second-order valence-corrected chi connectivity index (χ2v) is 9.36. The van der Waals surface area contributed by atoms with E-state index in [2.05, 4.69) is 20.1 Å². The van der Waals surface area contributed by atoms with Gasteiger partial charge in [0.2, 0.25) is 5.88 Å². The number of aliphatic carboxylic acids is 2. The highest BCUT2D eigenvalue weighted by Gasteiger charge is 2.37. The number of carboxylic acid groups (broad SMARTS) is 2. The lowest BCUT2D eigenvalue weighted by molar-refractivity contribution is -0.138. The maximum absolute atomic E-state index is 13.6. The Balaban J connectivity index is 0.000000467. The van der Waals surface area contributed by atoms with Gasteiger partial charge in [-0.3, -0.25) is 0 Å². The summed E-state index contributed by atoms with van der Waals surface area (Å²) in [6, 6.07) is 9.42. The van der Waals surface area contributed by atoms with Crippen LogP contribution in [0.4, 0.5) is 13.2 Å². The Morgan fingerprint density at radius 2 is 1.77 bits per heavy atom. The van der Waals surface area contributed by atoms with Gasteiger partial charge in [-0.2, -0.15) is 18.3 Å². The highest BCUT2D eigenvalue weighted by molar-refractivity contribution is 5.89. The van der Waals surface area contributed by atoms with E-state index in [1.165, 1.54) is 12.1 Å². The fourth-order valence-electron chi connectivity index (χ4n) is 4.54. The van der Waals surface area contributed by atoms with Gasteiger partial charge >= 0.3 is 18.1 Å². The van der Waals surface area contributed by atoms with Gasteiger partial charge < -0.3 is 19.5 Å². The molecule has 0 bridgehead atoms. The number of hydrogen-bond donors (Lipinski definition) is 2. The molecule has 1 aromatic carbocycles. The van der Waals surface area contributed by atoms with E-state index in [-0.39, 0.29) is 5.56 Å². The largest absolute Gasteiger partial charge is 0.479 e. The van der Waals surface area contributed by atoms with E-state index >= 15 is 0 Å². The third-order valence-electron chi connectivity index (χ3n) is 6.35. The molecule has 0 saturated carbocycles. The fourth-order valence-corrected chi connectivity index (χ4v) is 4.54. The van der Waals surface area contributed by atoms with Gasteiger partial charge in [0.25, 0.3) is 0 Å². The van der Waals surface area contributed by atoms with Crippen LogP contribution in [0.5, 0.6) is 5.88 Å². The molecule has 224 valence electrons. The zero-order valence-corrected chi connectivity index (χ0v) is 23.1. The van der Waals surface area contributed by atoms with Gasteiger partial charge in [-0.1, -0.05) is 18.2 Å². The van der Waals surface area contributed by atoms with Gasteiger partial charge in [0.1, 0.15) is 11.5 Å². The molecule has 0 spiro atoms. The Morgan fingerprint density at radius 1 is 1.05 bits per heavy atom. The van der Waals surface area contributed by atoms with Crippen LogP contribution in [-0.2, 0) is 22.3 Å². The first-order valence-electron chi connectivity index (χ1n) is 12.9. The van der Waals surface area contributed by atoms with E-state index in [1.807, 2.05) is 29.8 Å². The number of alkyl halides is 3. The molecule has 0 unspecified atom stereocenters. The van der Waals surface area contributed by atoms with Crippen molar-refractivity contribution in [3.05, 3.63) is 95.2 Å². The molecule has 1 aliphatic rings. The number of nitrogens with zero attached hydrogens (tertiary/aromatic N) is 6. The van der Waals surface area contributed by atoms with Crippen molar-refractivity contribution in [3.63, 3.8) is 0 Å². The summed E-state index contributed by atoms with van der Waals surface area (Å²) in [5, 5.41) is 20.1. The molecule has 0 saturated heterocycles. The van der Waals surface area contributed by atoms with Crippen LogP contribution in [0, 0.1) is 6.92 Å². The summed E-state index contributed by atoms with van der Waals surface area (Å²) in [5.74, 6) is -1.58. The summed E-state index contributed by atoms with van der Waals surface area (Å²) in [7, 11) is 1.55. The molecular weight excluding hydrogens is 569 g/mol. The minimum atomic E-state index is -4.42. The van der Waals surface area contributed by atoms with Crippen molar-refractivity contribution in [1.29, 1.82) is 0 Å². The molecule has 1 aliphatic heterocycles. The van der Waals surface area contributed by atoms with Gasteiger partial charge in [-0.25, -0.2) is 29.2 Å². The predicted octanol–water partition coefficient (Wildman–Crippen LogP) is 5.00. The third kappa shape index (κ3) is 7.72. The van der Waals surface area contributed by atoms with Crippen molar-refractivity contribution in [3.8, 4) is 11.6 Å². The highest BCUT2D eigenvalue weighted by atomic mass is 19.4. The normalized spacial score (nSPS) is 14.8. The summed E-state index contributed by atoms with van der Waals surface area (Å²) in [6.07, 6.45) is 5.04. The van der Waals surface area contributed by atoms with Crippen LogP contribution in [0.15, 0.2) is 61.1 Å². The maximum atomic E-state index is 13.6. The van der Waals surface area contributed by atoms with Crippen LogP contribution in [0.25, 0.3) is 17.8 Å². The molecule has 2 N–H and O–H groups in total. The number of halogens is 3. The summed E-state index contributed by atoms with van der Waals surface area (Å²) in [5.41, 5.74) is 1.88. The number of imidazole rings is 1. The molecule has 11 nitrogen and oxygen atoms in total. The smallest absolute Gasteiger partial charge is 0.416 e. The Kier molecular flexibility index (Phi) is 9.38. The number of benzene rings is 1. The molecule has 4 aromatic rings. The number of aromatic nitrogens is 6. The zero-order chi connectivity index (χ0) is 31.1. The van der Waals surface area contributed by atoms with Crippen LogP contribution in [0.3, 0.4) is 0 Å². The minimum absolute atomic E-state index is 0.237. The van der Waals surface area contributed by atoms with Crippen molar-refractivity contribution < 1.29 is 37.7 Å². The number of aryl methyl sites for hydroxylation is 2. The topological polar surface area (TPSA) is 145 Å². The Hall–Kier alpha value is -5.27. The van der Waals surface area contributed by atoms with Crippen LogP contribution in [0.2, 0.25) is 0 Å². The van der Waals surface area contributed by atoms with Crippen LogP contribution < -0.4 is 4.74 Å². The Bertz CT molecular complexity index is 1660.